The molecule has 0 saturated carbocycles. The number of piperidine rings is 1. The van der Waals surface area contributed by atoms with Gasteiger partial charge in [-0.3, -0.25) is 0 Å². The molecule has 7 heteroatoms. The molecule has 0 spiro atoms. The van der Waals surface area contributed by atoms with Crippen molar-refractivity contribution in [1.82, 2.24) is 9.21 Å². The molecule has 6 nitrogen and oxygen atoms in total. The largest absolute Gasteiger partial charge is 0.465 e. The molecule has 3 rings (SSSR count). The number of carboxylic acid groups (broad SMARTS) is 1. The van der Waals surface area contributed by atoms with Crippen LogP contribution in [-0.4, -0.2) is 54.7 Å². The molecule has 1 aromatic carbocycles. The second kappa shape index (κ2) is 8.44. The Balaban J connectivity index is 1.49. The van der Waals surface area contributed by atoms with Gasteiger partial charge in [-0.2, -0.15) is 4.31 Å². The Morgan fingerprint density at radius 1 is 1.22 bits per heavy atom. The lowest BCUT2D eigenvalue weighted by atomic mass is 9.92. The third kappa shape index (κ3) is 5.32. The summed E-state index contributed by atoms with van der Waals surface area (Å²) in [6.45, 7) is 2.32. The summed E-state index contributed by atoms with van der Waals surface area (Å²) in [5, 5.41) is 8.99. The molecule has 1 aromatic rings. The molecule has 2 heterocycles. The van der Waals surface area contributed by atoms with Gasteiger partial charge < -0.3 is 10.0 Å². The zero-order chi connectivity index (χ0) is 19.4. The minimum absolute atomic E-state index is 0.465. The maximum absolute atomic E-state index is 11.7. The van der Waals surface area contributed by atoms with Gasteiger partial charge in [0.1, 0.15) is 0 Å². The average Bonchev–Trinajstić information content (AvgIpc) is 2.64. The molecule has 1 N–H and O–H groups in total. The molecule has 1 fully saturated rings. The molecule has 2 aliphatic heterocycles. The zero-order valence-corrected chi connectivity index (χ0v) is 16.6. The number of rotatable bonds is 5. The number of nitrogens with zero attached hydrogens (tertiary/aromatic N) is 2. The molecular formula is C20H28N2O4S. The number of hydrogen-bond acceptors (Lipinski definition) is 3. The number of benzene rings is 1. The minimum atomic E-state index is -3.13. The summed E-state index contributed by atoms with van der Waals surface area (Å²) in [5.41, 5.74) is 3.48. The maximum atomic E-state index is 11.7. The lowest BCUT2D eigenvalue weighted by Crippen LogP contribution is -2.37. The number of carbonyl (C=O) groups is 1. The number of allylic oxidation sites excluding steroid dienone is 1. The lowest BCUT2D eigenvalue weighted by Gasteiger charge is -2.29. The minimum Gasteiger partial charge on any atom is -0.465 e. The van der Waals surface area contributed by atoms with Crippen molar-refractivity contribution in [3.05, 3.63) is 41.0 Å². The number of sulfonamides is 1. The summed E-state index contributed by atoms with van der Waals surface area (Å²) in [4.78, 5) is 12.4. The standard InChI is InChI=1S/C20H28N2O4S/c1-27(25,26)22-13-10-18-14-17(6-7-19(18)15-22)5-3-2-4-16-8-11-21(12-9-16)20(23)24/h3,5-7,14,16H,2,4,8-13,15H2,1H3,(H,23,24)/b5-3+. The van der Waals surface area contributed by atoms with E-state index in [9.17, 15) is 13.2 Å². The Hall–Kier alpha value is -1.86. The van der Waals surface area contributed by atoms with Crippen LogP contribution < -0.4 is 0 Å². The van der Waals surface area contributed by atoms with E-state index in [4.69, 9.17) is 5.11 Å². The summed E-state index contributed by atoms with van der Waals surface area (Å²) in [6, 6.07) is 6.25. The molecule has 0 radical (unpaired) electrons. The molecule has 0 unspecified atom stereocenters. The Morgan fingerprint density at radius 2 is 1.96 bits per heavy atom. The van der Waals surface area contributed by atoms with Crippen LogP contribution in [0.25, 0.3) is 6.08 Å². The smallest absolute Gasteiger partial charge is 0.407 e. The molecule has 27 heavy (non-hydrogen) atoms. The van der Waals surface area contributed by atoms with Gasteiger partial charge in [0.25, 0.3) is 0 Å². The van der Waals surface area contributed by atoms with Crippen LogP contribution in [0, 0.1) is 5.92 Å². The van der Waals surface area contributed by atoms with E-state index in [0.717, 1.165) is 43.2 Å². The number of amides is 1. The monoisotopic (exact) mass is 392 g/mol. The van der Waals surface area contributed by atoms with Gasteiger partial charge in [0.05, 0.1) is 6.26 Å². The average molecular weight is 393 g/mol. The van der Waals surface area contributed by atoms with Gasteiger partial charge >= 0.3 is 6.09 Å². The van der Waals surface area contributed by atoms with Crippen molar-refractivity contribution in [1.29, 1.82) is 0 Å². The van der Waals surface area contributed by atoms with Crippen LogP contribution in [0.15, 0.2) is 24.3 Å². The highest BCUT2D eigenvalue weighted by Crippen LogP contribution is 2.24. The predicted octanol–water partition coefficient (Wildman–Crippen LogP) is 3.19. The van der Waals surface area contributed by atoms with Crippen molar-refractivity contribution in [2.75, 3.05) is 25.9 Å². The van der Waals surface area contributed by atoms with Crippen LogP contribution in [0.1, 0.15) is 42.4 Å². The highest BCUT2D eigenvalue weighted by atomic mass is 32.2. The first-order chi connectivity index (χ1) is 12.8. The van der Waals surface area contributed by atoms with Crippen LogP contribution >= 0.6 is 0 Å². The summed E-state index contributed by atoms with van der Waals surface area (Å²) in [7, 11) is -3.13. The molecule has 0 aliphatic carbocycles. The molecule has 0 bridgehead atoms. The van der Waals surface area contributed by atoms with E-state index >= 15 is 0 Å². The van der Waals surface area contributed by atoms with Gasteiger partial charge in [-0.05, 0) is 54.7 Å². The first-order valence-electron chi connectivity index (χ1n) is 9.54. The van der Waals surface area contributed by atoms with E-state index in [2.05, 4.69) is 18.2 Å². The third-order valence-electron chi connectivity index (χ3n) is 5.61. The van der Waals surface area contributed by atoms with E-state index < -0.39 is 16.1 Å². The van der Waals surface area contributed by atoms with Crippen molar-refractivity contribution in [3.63, 3.8) is 0 Å². The van der Waals surface area contributed by atoms with Crippen LogP contribution in [0.3, 0.4) is 0 Å². The fraction of sp³-hybridized carbons (Fsp3) is 0.550. The van der Waals surface area contributed by atoms with E-state index in [-0.39, 0.29) is 0 Å². The molecule has 148 valence electrons. The van der Waals surface area contributed by atoms with Crippen LogP contribution in [-0.2, 0) is 23.0 Å². The second-order valence-electron chi connectivity index (χ2n) is 7.57. The van der Waals surface area contributed by atoms with Crippen LogP contribution in [0.4, 0.5) is 4.79 Å². The van der Waals surface area contributed by atoms with Gasteiger partial charge in [-0.15, -0.1) is 0 Å². The quantitative estimate of drug-likeness (QED) is 0.835. The van der Waals surface area contributed by atoms with Crippen molar-refractivity contribution in [2.45, 2.75) is 38.6 Å². The summed E-state index contributed by atoms with van der Waals surface area (Å²) >= 11 is 0. The van der Waals surface area contributed by atoms with E-state index in [1.807, 2.05) is 12.1 Å². The van der Waals surface area contributed by atoms with Gasteiger partial charge in [-0.25, -0.2) is 13.2 Å². The second-order valence-corrected chi connectivity index (χ2v) is 9.55. The highest BCUT2D eigenvalue weighted by molar-refractivity contribution is 7.88. The predicted molar refractivity (Wildman–Crippen MR) is 106 cm³/mol. The van der Waals surface area contributed by atoms with Gasteiger partial charge in [0.15, 0.2) is 0 Å². The first kappa shape index (κ1) is 19.9. The topological polar surface area (TPSA) is 77.9 Å². The van der Waals surface area contributed by atoms with E-state index in [0.29, 0.717) is 32.1 Å². The summed E-state index contributed by atoms with van der Waals surface area (Å²) in [6.07, 6.45) is 9.54. The fourth-order valence-electron chi connectivity index (χ4n) is 3.90. The SMILES string of the molecule is CS(=O)(=O)N1CCc2cc(/C=C/CCC3CCN(C(=O)O)CC3)ccc2C1. The van der Waals surface area contributed by atoms with Gasteiger partial charge in [0, 0.05) is 26.2 Å². The molecule has 1 amide bonds. The fourth-order valence-corrected chi connectivity index (χ4v) is 4.69. The summed E-state index contributed by atoms with van der Waals surface area (Å²) < 4.78 is 24.9. The Bertz CT molecular complexity index is 811. The lowest BCUT2D eigenvalue weighted by molar-refractivity contribution is 0.123. The molecular weight excluding hydrogens is 364 g/mol. The Morgan fingerprint density at radius 3 is 2.63 bits per heavy atom. The number of likely N-dealkylation sites (tertiary alicyclic amines) is 1. The zero-order valence-electron chi connectivity index (χ0n) is 15.8. The Labute approximate surface area is 161 Å². The van der Waals surface area contributed by atoms with Crippen molar-refractivity contribution in [2.24, 2.45) is 5.92 Å². The molecule has 0 aromatic heterocycles. The first-order valence-corrected chi connectivity index (χ1v) is 11.4. The highest BCUT2D eigenvalue weighted by Gasteiger charge is 2.23. The van der Waals surface area contributed by atoms with Crippen LogP contribution in [0.5, 0.6) is 0 Å². The summed E-state index contributed by atoms with van der Waals surface area (Å²) in [5.74, 6) is 0.607. The van der Waals surface area contributed by atoms with E-state index in [1.54, 1.807) is 0 Å². The maximum Gasteiger partial charge on any atom is 0.407 e. The van der Waals surface area contributed by atoms with Crippen molar-refractivity contribution >= 4 is 22.2 Å². The Kier molecular flexibility index (Phi) is 6.22. The van der Waals surface area contributed by atoms with Crippen molar-refractivity contribution in [3.8, 4) is 0 Å². The number of hydrogen-bond donors (Lipinski definition) is 1. The van der Waals surface area contributed by atoms with Crippen LogP contribution in [0.2, 0.25) is 0 Å². The van der Waals surface area contributed by atoms with Gasteiger partial charge in [-0.1, -0.05) is 30.4 Å². The molecule has 1 saturated heterocycles. The van der Waals surface area contributed by atoms with Gasteiger partial charge in [0.2, 0.25) is 10.0 Å². The molecule has 2 aliphatic rings. The number of fused-ring (bicyclic) bond motifs is 1. The van der Waals surface area contributed by atoms with E-state index in [1.165, 1.54) is 21.0 Å². The molecule has 0 atom stereocenters. The van der Waals surface area contributed by atoms with Crippen molar-refractivity contribution < 1.29 is 18.3 Å². The normalized spacial score (nSPS) is 19.4. The third-order valence-corrected chi connectivity index (χ3v) is 6.86.